The maximum atomic E-state index is 12.7. The fourth-order valence-electron chi connectivity index (χ4n) is 1.64. The Bertz CT molecular complexity index is 720. The van der Waals surface area contributed by atoms with Gasteiger partial charge in [-0.1, -0.05) is 23.4 Å². The number of nitrogens with zero attached hydrogens (tertiary/aromatic N) is 2. The van der Waals surface area contributed by atoms with Gasteiger partial charge < -0.3 is 9.25 Å². The molecule has 21 heavy (non-hydrogen) atoms. The molecule has 0 aliphatic heterocycles. The van der Waals surface area contributed by atoms with Gasteiger partial charge in [0, 0.05) is 0 Å². The molecule has 0 aliphatic carbocycles. The van der Waals surface area contributed by atoms with E-state index in [1.807, 2.05) is 17.5 Å². The quantitative estimate of drug-likeness (QED) is 0.527. The lowest BCUT2D eigenvalue weighted by Gasteiger charge is -1.95. The molecule has 106 valence electrons. The van der Waals surface area contributed by atoms with E-state index in [0.717, 1.165) is 10.4 Å². The van der Waals surface area contributed by atoms with E-state index < -0.39 is 0 Å². The van der Waals surface area contributed by atoms with Crippen LogP contribution in [0.4, 0.5) is 4.39 Å². The van der Waals surface area contributed by atoms with E-state index in [4.69, 9.17) is 9.25 Å². The number of halogens is 1. The summed E-state index contributed by atoms with van der Waals surface area (Å²) in [4.78, 5) is 10.4. The van der Waals surface area contributed by atoms with Crippen LogP contribution in [0.1, 0.15) is 11.3 Å². The molecule has 2 heterocycles. The summed E-state index contributed by atoms with van der Waals surface area (Å²) in [6.07, 6.45) is 3.06. The number of thiophene rings is 1. The van der Waals surface area contributed by atoms with Crippen molar-refractivity contribution >= 4 is 17.6 Å². The first kappa shape index (κ1) is 13.5. The topological polar surface area (TPSA) is 47.6 Å². The smallest absolute Gasteiger partial charge is 0.236 e. The first-order valence-electron chi connectivity index (χ1n) is 6.20. The second kappa shape index (κ2) is 6.32. The van der Waals surface area contributed by atoms with Crippen molar-refractivity contribution in [2.75, 3.05) is 0 Å². The van der Waals surface area contributed by atoms with Crippen molar-refractivity contribution in [1.82, 2.24) is 4.98 Å². The number of rotatable bonds is 5. The van der Waals surface area contributed by atoms with Crippen LogP contribution in [0.5, 0.6) is 0 Å². The standard InChI is InChI=1S/C15H11FN2O2S/c16-12-5-3-11(4-6-12)8-17-20-10-13-9-19-15(18-13)14-2-1-7-21-14/h1-9H,10H2/b17-8+. The van der Waals surface area contributed by atoms with Crippen molar-refractivity contribution < 1.29 is 13.6 Å². The average Bonchev–Trinajstić information content (AvgIpc) is 3.16. The Hall–Kier alpha value is -2.47. The van der Waals surface area contributed by atoms with Crippen LogP contribution in [0.2, 0.25) is 0 Å². The van der Waals surface area contributed by atoms with Crippen LogP contribution >= 0.6 is 11.3 Å². The first-order valence-corrected chi connectivity index (χ1v) is 7.08. The van der Waals surface area contributed by atoms with Crippen molar-refractivity contribution in [2.24, 2.45) is 5.16 Å². The van der Waals surface area contributed by atoms with Gasteiger partial charge in [0.05, 0.1) is 11.1 Å². The Balaban J connectivity index is 1.55. The van der Waals surface area contributed by atoms with E-state index in [1.165, 1.54) is 18.3 Å². The summed E-state index contributed by atoms with van der Waals surface area (Å²) in [5, 5.41) is 5.77. The summed E-state index contributed by atoms with van der Waals surface area (Å²) in [5.74, 6) is 0.294. The molecule has 0 N–H and O–H groups in total. The molecule has 0 amide bonds. The van der Waals surface area contributed by atoms with Gasteiger partial charge in [0.2, 0.25) is 5.89 Å². The highest BCUT2D eigenvalue weighted by atomic mass is 32.1. The van der Waals surface area contributed by atoms with Gasteiger partial charge in [-0.05, 0) is 29.1 Å². The van der Waals surface area contributed by atoms with Crippen LogP contribution < -0.4 is 0 Å². The number of aromatic nitrogens is 1. The molecule has 1 aromatic carbocycles. The van der Waals surface area contributed by atoms with E-state index in [9.17, 15) is 4.39 Å². The lowest BCUT2D eigenvalue weighted by Crippen LogP contribution is -1.89. The minimum atomic E-state index is -0.281. The molecule has 3 aromatic rings. The largest absolute Gasteiger partial charge is 0.443 e. The first-order chi connectivity index (χ1) is 10.3. The maximum Gasteiger partial charge on any atom is 0.236 e. The van der Waals surface area contributed by atoms with Crippen LogP contribution in [-0.2, 0) is 11.4 Å². The predicted octanol–water partition coefficient (Wildman–Crippen LogP) is 4.09. The highest BCUT2D eigenvalue weighted by molar-refractivity contribution is 7.13. The Kier molecular flexibility index (Phi) is 4.07. The number of oxime groups is 1. The van der Waals surface area contributed by atoms with Gasteiger partial charge in [0.1, 0.15) is 17.8 Å². The molecule has 0 spiro atoms. The number of hydrogen-bond donors (Lipinski definition) is 0. The summed E-state index contributed by atoms with van der Waals surface area (Å²) in [6.45, 7) is 0.215. The molecule has 0 radical (unpaired) electrons. The molecule has 0 saturated heterocycles. The molecule has 3 rings (SSSR count). The molecule has 0 saturated carbocycles. The molecule has 0 atom stereocenters. The Morgan fingerprint density at radius 1 is 1.29 bits per heavy atom. The van der Waals surface area contributed by atoms with Crippen molar-refractivity contribution in [3.05, 3.63) is 65.1 Å². The van der Waals surface area contributed by atoms with E-state index in [-0.39, 0.29) is 12.4 Å². The second-order valence-corrected chi connectivity index (χ2v) is 5.13. The molecule has 2 aromatic heterocycles. The molecule has 0 unspecified atom stereocenters. The average molecular weight is 302 g/mol. The molecular weight excluding hydrogens is 291 g/mol. The van der Waals surface area contributed by atoms with E-state index in [2.05, 4.69) is 10.1 Å². The molecule has 6 heteroatoms. The van der Waals surface area contributed by atoms with Crippen LogP contribution in [0, 0.1) is 5.82 Å². The zero-order chi connectivity index (χ0) is 14.5. The van der Waals surface area contributed by atoms with Gasteiger partial charge >= 0.3 is 0 Å². The van der Waals surface area contributed by atoms with Crippen molar-refractivity contribution in [3.8, 4) is 10.8 Å². The van der Waals surface area contributed by atoms with Crippen molar-refractivity contribution in [1.29, 1.82) is 0 Å². The Morgan fingerprint density at radius 2 is 2.14 bits per heavy atom. The number of benzene rings is 1. The second-order valence-electron chi connectivity index (χ2n) is 4.18. The molecule has 0 fully saturated rings. The maximum absolute atomic E-state index is 12.7. The molecule has 0 aliphatic rings. The van der Waals surface area contributed by atoms with E-state index >= 15 is 0 Å². The molecule has 0 bridgehead atoms. The van der Waals surface area contributed by atoms with Gasteiger partial charge in [0.15, 0.2) is 6.61 Å². The third kappa shape index (κ3) is 3.55. The van der Waals surface area contributed by atoms with Crippen molar-refractivity contribution in [2.45, 2.75) is 6.61 Å². The highest BCUT2D eigenvalue weighted by Crippen LogP contribution is 2.23. The normalized spacial score (nSPS) is 11.1. The number of oxazole rings is 1. The van der Waals surface area contributed by atoms with Gasteiger partial charge in [-0.3, -0.25) is 0 Å². The van der Waals surface area contributed by atoms with Gasteiger partial charge in [-0.15, -0.1) is 11.3 Å². The monoisotopic (exact) mass is 302 g/mol. The zero-order valence-electron chi connectivity index (χ0n) is 10.9. The van der Waals surface area contributed by atoms with E-state index in [1.54, 1.807) is 29.7 Å². The minimum absolute atomic E-state index is 0.215. The Labute approximate surface area is 124 Å². The van der Waals surface area contributed by atoms with Crippen LogP contribution in [-0.4, -0.2) is 11.2 Å². The fourth-order valence-corrected chi connectivity index (χ4v) is 2.29. The summed E-state index contributed by atoms with van der Waals surface area (Å²) >= 11 is 1.56. The van der Waals surface area contributed by atoms with Crippen LogP contribution in [0.3, 0.4) is 0 Å². The molecular formula is C15H11FN2O2S. The third-order valence-electron chi connectivity index (χ3n) is 2.64. The van der Waals surface area contributed by atoms with Gasteiger partial charge in [0.25, 0.3) is 0 Å². The minimum Gasteiger partial charge on any atom is -0.443 e. The van der Waals surface area contributed by atoms with Crippen LogP contribution in [0.25, 0.3) is 10.8 Å². The Morgan fingerprint density at radius 3 is 2.90 bits per heavy atom. The summed E-state index contributed by atoms with van der Waals surface area (Å²) in [7, 11) is 0. The predicted molar refractivity (Wildman–Crippen MR) is 78.6 cm³/mol. The number of hydrogen-bond acceptors (Lipinski definition) is 5. The highest BCUT2D eigenvalue weighted by Gasteiger charge is 2.07. The third-order valence-corrected chi connectivity index (χ3v) is 3.50. The lowest BCUT2D eigenvalue weighted by molar-refractivity contribution is 0.129. The van der Waals surface area contributed by atoms with Crippen molar-refractivity contribution in [3.63, 3.8) is 0 Å². The fraction of sp³-hybridized carbons (Fsp3) is 0.0667. The zero-order valence-corrected chi connectivity index (χ0v) is 11.7. The van der Waals surface area contributed by atoms with Gasteiger partial charge in [-0.25, -0.2) is 9.37 Å². The molecule has 4 nitrogen and oxygen atoms in total. The SMILES string of the molecule is Fc1ccc(/C=N/OCc2coc(-c3cccs3)n2)cc1. The summed E-state index contributed by atoms with van der Waals surface area (Å²) in [5.41, 5.74) is 1.42. The summed E-state index contributed by atoms with van der Waals surface area (Å²) < 4.78 is 18.1. The van der Waals surface area contributed by atoms with E-state index in [0.29, 0.717) is 11.6 Å². The van der Waals surface area contributed by atoms with Crippen LogP contribution in [0.15, 0.2) is 57.6 Å². The van der Waals surface area contributed by atoms with Gasteiger partial charge in [-0.2, -0.15) is 0 Å². The summed E-state index contributed by atoms with van der Waals surface area (Å²) in [6, 6.07) is 9.85. The lowest BCUT2D eigenvalue weighted by atomic mass is 10.2.